The van der Waals surface area contributed by atoms with Gasteiger partial charge < -0.3 is 20.3 Å². The van der Waals surface area contributed by atoms with Crippen LogP contribution < -0.4 is 15.4 Å². The van der Waals surface area contributed by atoms with E-state index in [1.54, 1.807) is 7.11 Å². The summed E-state index contributed by atoms with van der Waals surface area (Å²) in [6.45, 7) is 11.4. The fourth-order valence-electron chi connectivity index (χ4n) is 2.51. The molecule has 1 rings (SSSR count). The van der Waals surface area contributed by atoms with Crippen molar-refractivity contribution in [2.45, 2.75) is 40.7 Å². The highest BCUT2D eigenvalue weighted by Gasteiger charge is 2.09. The Morgan fingerprint density at radius 2 is 1.88 bits per heavy atom. The second-order valence-electron chi connectivity index (χ2n) is 5.75. The first-order valence-electron chi connectivity index (χ1n) is 8.99. The van der Waals surface area contributed by atoms with E-state index in [-0.39, 0.29) is 29.9 Å². The summed E-state index contributed by atoms with van der Waals surface area (Å²) in [5, 5.41) is 6.43. The van der Waals surface area contributed by atoms with Crippen molar-refractivity contribution in [1.82, 2.24) is 15.5 Å². The van der Waals surface area contributed by atoms with Crippen molar-refractivity contribution in [2.75, 3.05) is 33.3 Å². The Kier molecular flexibility index (Phi) is 12.9. The van der Waals surface area contributed by atoms with E-state index in [0.717, 1.165) is 36.5 Å². The van der Waals surface area contributed by atoms with Crippen molar-refractivity contribution in [3.8, 4) is 5.75 Å². The van der Waals surface area contributed by atoms with Crippen LogP contribution in [0.15, 0.2) is 23.2 Å². The van der Waals surface area contributed by atoms with Gasteiger partial charge in [-0.3, -0.25) is 4.79 Å². The van der Waals surface area contributed by atoms with Crippen molar-refractivity contribution in [3.63, 3.8) is 0 Å². The van der Waals surface area contributed by atoms with Crippen molar-refractivity contribution in [1.29, 1.82) is 0 Å². The molecule has 26 heavy (non-hydrogen) atoms. The summed E-state index contributed by atoms with van der Waals surface area (Å²) < 4.78 is 5.42. The van der Waals surface area contributed by atoms with Gasteiger partial charge in [0.1, 0.15) is 5.75 Å². The van der Waals surface area contributed by atoms with Crippen molar-refractivity contribution in [3.05, 3.63) is 29.3 Å². The second kappa shape index (κ2) is 13.7. The third-order valence-corrected chi connectivity index (χ3v) is 3.94. The molecule has 7 heteroatoms. The van der Waals surface area contributed by atoms with Gasteiger partial charge in [0, 0.05) is 38.2 Å². The maximum Gasteiger partial charge on any atom is 0.224 e. The van der Waals surface area contributed by atoms with Gasteiger partial charge in [0.2, 0.25) is 5.91 Å². The topological polar surface area (TPSA) is 66.0 Å². The summed E-state index contributed by atoms with van der Waals surface area (Å²) in [4.78, 5) is 18.5. The van der Waals surface area contributed by atoms with Gasteiger partial charge >= 0.3 is 0 Å². The van der Waals surface area contributed by atoms with E-state index in [9.17, 15) is 4.79 Å². The molecule has 0 unspecified atom stereocenters. The van der Waals surface area contributed by atoms with E-state index in [1.807, 2.05) is 44.7 Å². The number of amides is 1. The Morgan fingerprint density at radius 3 is 2.46 bits per heavy atom. The Hall–Kier alpha value is -1.51. The first-order valence-corrected chi connectivity index (χ1v) is 8.99. The molecule has 0 saturated heterocycles. The number of benzene rings is 1. The number of ether oxygens (including phenoxy) is 1. The summed E-state index contributed by atoms with van der Waals surface area (Å²) in [6, 6.07) is 6.09. The summed E-state index contributed by atoms with van der Waals surface area (Å²) in [5.74, 6) is 1.71. The van der Waals surface area contributed by atoms with E-state index in [1.165, 1.54) is 0 Å². The number of aliphatic imine (C=N–C) groups is 1. The lowest BCUT2D eigenvalue weighted by Gasteiger charge is -2.19. The number of aryl methyl sites for hydroxylation is 1. The molecule has 0 aliphatic rings. The molecule has 0 aliphatic heterocycles. The number of nitrogens with one attached hydrogen (secondary N) is 2. The number of rotatable bonds is 9. The molecule has 0 bridgehead atoms. The van der Waals surface area contributed by atoms with Crippen molar-refractivity contribution < 1.29 is 9.53 Å². The first-order chi connectivity index (χ1) is 12.0. The molecule has 0 saturated carbocycles. The number of nitrogens with zero attached hydrogens (tertiary/aromatic N) is 2. The summed E-state index contributed by atoms with van der Waals surface area (Å²) in [5.41, 5.74) is 2.19. The zero-order valence-corrected chi connectivity index (χ0v) is 18.9. The number of methoxy groups -OCH3 is 1. The molecule has 0 fully saturated rings. The molecule has 6 nitrogen and oxygen atoms in total. The maximum absolute atomic E-state index is 12.0. The minimum Gasteiger partial charge on any atom is -0.496 e. The van der Waals surface area contributed by atoms with Crippen molar-refractivity contribution in [2.24, 2.45) is 4.99 Å². The number of carbonyl (C=O) groups excluding carboxylic acids is 1. The van der Waals surface area contributed by atoms with E-state index < -0.39 is 0 Å². The van der Waals surface area contributed by atoms with Crippen LogP contribution in [0.4, 0.5) is 0 Å². The molecule has 1 aromatic carbocycles. The van der Waals surface area contributed by atoms with Crippen molar-refractivity contribution >= 4 is 35.8 Å². The fourth-order valence-corrected chi connectivity index (χ4v) is 2.51. The van der Waals surface area contributed by atoms with Gasteiger partial charge in [-0.05, 0) is 39.3 Å². The normalized spacial score (nSPS) is 10.7. The van der Waals surface area contributed by atoms with E-state index >= 15 is 0 Å². The van der Waals surface area contributed by atoms with Crippen LogP contribution in [0.1, 0.15) is 38.3 Å². The van der Waals surface area contributed by atoms with Crippen LogP contribution in [0, 0.1) is 6.92 Å². The number of halogens is 1. The van der Waals surface area contributed by atoms with Gasteiger partial charge in [-0.2, -0.15) is 0 Å². The molecule has 1 aromatic rings. The SMILES string of the molecule is CCNC(=NCc1ccc(C)cc1OC)NCCC(=O)N(CC)CC.I. The molecular weight excluding hydrogens is 443 g/mol. The summed E-state index contributed by atoms with van der Waals surface area (Å²) >= 11 is 0. The lowest BCUT2D eigenvalue weighted by atomic mass is 10.1. The van der Waals surface area contributed by atoms with E-state index in [2.05, 4.69) is 21.7 Å². The molecule has 2 N–H and O–H groups in total. The Morgan fingerprint density at radius 1 is 1.19 bits per heavy atom. The predicted molar refractivity (Wildman–Crippen MR) is 119 cm³/mol. The largest absolute Gasteiger partial charge is 0.496 e. The van der Waals surface area contributed by atoms with Gasteiger partial charge in [-0.25, -0.2) is 4.99 Å². The molecule has 0 aromatic heterocycles. The molecule has 1 amide bonds. The minimum absolute atomic E-state index is 0. The Bertz CT molecular complexity index is 575. The second-order valence-corrected chi connectivity index (χ2v) is 5.75. The average molecular weight is 476 g/mol. The van der Waals surface area contributed by atoms with Gasteiger partial charge in [-0.1, -0.05) is 12.1 Å². The van der Waals surface area contributed by atoms with Crippen LogP contribution in [-0.2, 0) is 11.3 Å². The van der Waals surface area contributed by atoms with E-state index in [0.29, 0.717) is 25.5 Å². The zero-order valence-electron chi connectivity index (χ0n) is 16.6. The molecule has 0 atom stereocenters. The van der Waals surface area contributed by atoms with Gasteiger partial charge in [0.05, 0.1) is 13.7 Å². The van der Waals surface area contributed by atoms with Crippen LogP contribution in [0.2, 0.25) is 0 Å². The molecule has 0 heterocycles. The maximum atomic E-state index is 12.0. The lowest BCUT2D eigenvalue weighted by molar-refractivity contribution is -0.130. The molecule has 148 valence electrons. The van der Waals surface area contributed by atoms with Gasteiger partial charge in [0.25, 0.3) is 0 Å². The third kappa shape index (κ3) is 8.25. The number of carbonyl (C=O) groups is 1. The standard InChI is InChI=1S/C19H32N4O2.HI/c1-6-20-19(21-12-11-18(24)23(7-2)8-3)22-14-16-10-9-15(4)13-17(16)25-5;/h9-10,13H,6-8,11-12,14H2,1-5H3,(H2,20,21,22);1H. The summed E-state index contributed by atoms with van der Waals surface area (Å²) in [6.07, 6.45) is 0.458. The molecule has 0 radical (unpaired) electrons. The van der Waals surface area contributed by atoms with Gasteiger partial charge in [-0.15, -0.1) is 24.0 Å². The van der Waals surface area contributed by atoms with Crippen LogP contribution >= 0.6 is 24.0 Å². The zero-order chi connectivity index (χ0) is 18.7. The quantitative estimate of drug-likeness (QED) is 0.327. The number of guanidine groups is 1. The Balaban J connectivity index is 0.00000625. The molecular formula is C19H33IN4O2. The van der Waals surface area contributed by atoms with E-state index in [4.69, 9.17) is 4.74 Å². The smallest absolute Gasteiger partial charge is 0.224 e. The van der Waals surface area contributed by atoms with Crippen LogP contribution in [0.5, 0.6) is 5.75 Å². The summed E-state index contributed by atoms with van der Waals surface area (Å²) in [7, 11) is 1.67. The van der Waals surface area contributed by atoms with Gasteiger partial charge in [0.15, 0.2) is 5.96 Å². The third-order valence-electron chi connectivity index (χ3n) is 3.94. The molecule has 0 aliphatic carbocycles. The van der Waals surface area contributed by atoms with Crippen LogP contribution in [-0.4, -0.2) is 50.1 Å². The number of hydrogen-bond acceptors (Lipinski definition) is 3. The molecule has 0 spiro atoms. The highest BCUT2D eigenvalue weighted by molar-refractivity contribution is 14.0. The highest BCUT2D eigenvalue weighted by Crippen LogP contribution is 2.20. The minimum atomic E-state index is 0. The first kappa shape index (κ1) is 24.5. The average Bonchev–Trinajstić information content (AvgIpc) is 2.61. The monoisotopic (exact) mass is 476 g/mol. The number of hydrogen-bond donors (Lipinski definition) is 2. The fraction of sp³-hybridized carbons (Fsp3) is 0.579. The Labute approximate surface area is 174 Å². The highest BCUT2D eigenvalue weighted by atomic mass is 127. The van der Waals surface area contributed by atoms with Crippen LogP contribution in [0.25, 0.3) is 0 Å². The van der Waals surface area contributed by atoms with Crippen LogP contribution in [0.3, 0.4) is 0 Å². The predicted octanol–water partition coefficient (Wildman–Crippen LogP) is 2.94. The lowest BCUT2D eigenvalue weighted by Crippen LogP contribution is -2.40.